The maximum atomic E-state index is 8.23. The predicted octanol–water partition coefficient (Wildman–Crippen LogP) is 2.62. The summed E-state index contributed by atoms with van der Waals surface area (Å²) in [6.07, 6.45) is 1.60. The molecule has 0 aliphatic rings. The van der Waals surface area contributed by atoms with E-state index in [1.54, 1.807) is 24.4 Å². The molecular weight excluding hydrogens is 148 g/mol. The van der Waals surface area contributed by atoms with E-state index in [2.05, 4.69) is 25.8 Å². The second-order valence-corrected chi connectivity index (χ2v) is 3.06. The number of aromatic nitrogens is 1. The van der Waals surface area contributed by atoms with Crippen LogP contribution >= 0.6 is 0 Å². The molecule has 0 atom stereocenters. The fourth-order valence-electron chi connectivity index (χ4n) is 0.429. The van der Waals surface area contributed by atoms with Gasteiger partial charge in [0.15, 0.2) is 0 Å². The molecule has 0 unspecified atom stereocenters. The van der Waals surface area contributed by atoms with E-state index in [-0.39, 0.29) is 0 Å². The van der Waals surface area contributed by atoms with Crippen LogP contribution in [0, 0.1) is 17.2 Å². The third kappa shape index (κ3) is 6.76. The molecular formula is C10H14N2. The van der Waals surface area contributed by atoms with Crippen LogP contribution in [0.2, 0.25) is 0 Å². The van der Waals surface area contributed by atoms with E-state index in [0.717, 1.165) is 5.92 Å². The van der Waals surface area contributed by atoms with Crippen LogP contribution in [0.3, 0.4) is 0 Å². The molecule has 0 fully saturated rings. The average molecular weight is 162 g/mol. The van der Waals surface area contributed by atoms with E-state index in [0.29, 0.717) is 5.69 Å². The highest BCUT2D eigenvalue weighted by Gasteiger charge is 1.81. The van der Waals surface area contributed by atoms with Gasteiger partial charge in [0.05, 0.1) is 0 Å². The first-order valence-corrected chi connectivity index (χ1v) is 3.98. The summed E-state index contributed by atoms with van der Waals surface area (Å²) < 4.78 is 0. The molecule has 1 rings (SSSR count). The van der Waals surface area contributed by atoms with Gasteiger partial charge in [-0.25, -0.2) is 4.98 Å². The summed E-state index contributed by atoms with van der Waals surface area (Å²) in [6, 6.07) is 7.14. The molecule has 64 valence electrons. The van der Waals surface area contributed by atoms with Crippen molar-refractivity contribution in [3.63, 3.8) is 0 Å². The van der Waals surface area contributed by atoms with E-state index in [1.165, 1.54) is 0 Å². The Labute approximate surface area is 73.9 Å². The summed E-state index contributed by atoms with van der Waals surface area (Å²) >= 11 is 0. The number of pyridine rings is 1. The van der Waals surface area contributed by atoms with E-state index in [4.69, 9.17) is 5.26 Å². The molecule has 0 saturated heterocycles. The molecule has 0 saturated carbocycles. The fraction of sp³-hybridized carbons (Fsp3) is 0.400. The van der Waals surface area contributed by atoms with Gasteiger partial charge in [0, 0.05) is 6.20 Å². The van der Waals surface area contributed by atoms with E-state index in [1.807, 2.05) is 6.07 Å². The molecule has 0 N–H and O–H groups in total. The summed E-state index contributed by atoms with van der Waals surface area (Å²) in [4.78, 5) is 3.74. The van der Waals surface area contributed by atoms with Gasteiger partial charge in [-0.3, -0.25) is 0 Å². The Morgan fingerprint density at radius 3 is 2.17 bits per heavy atom. The Bertz CT molecular complexity index is 231. The highest BCUT2D eigenvalue weighted by atomic mass is 14.7. The van der Waals surface area contributed by atoms with Crippen LogP contribution in [0.25, 0.3) is 0 Å². The lowest BCUT2D eigenvalue weighted by Gasteiger charge is -1.79. The van der Waals surface area contributed by atoms with Gasteiger partial charge in [-0.05, 0) is 18.1 Å². The molecule has 12 heavy (non-hydrogen) atoms. The summed E-state index contributed by atoms with van der Waals surface area (Å²) in [6.45, 7) is 6.50. The maximum absolute atomic E-state index is 8.23. The van der Waals surface area contributed by atoms with Gasteiger partial charge in [0.1, 0.15) is 11.8 Å². The molecule has 0 bridgehead atoms. The summed E-state index contributed by atoms with van der Waals surface area (Å²) in [5.74, 6) is 0.833. The van der Waals surface area contributed by atoms with E-state index in [9.17, 15) is 0 Å². The number of hydrogen-bond donors (Lipinski definition) is 0. The predicted molar refractivity (Wildman–Crippen MR) is 49.5 cm³/mol. The normalized spacial score (nSPS) is 8.25. The lowest BCUT2D eigenvalue weighted by Crippen LogP contribution is -1.75. The van der Waals surface area contributed by atoms with Gasteiger partial charge in [-0.15, -0.1) is 0 Å². The first-order chi connectivity index (χ1) is 5.66. The standard InChI is InChI=1S/C6H4N2.C4H10/c7-5-6-3-1-2-4-8-6;1-4(2)3/h1-4H;4H,1-3H3. The van der Waals surface area contributed by atoms with Crippen molar-refractivity contribution in [1.82, 2.24) is 4.98 Å². The highest BCUT2D eigenvalue weighted by Crippen LogP contribution is 1.87. The Morgan fingerprint density at radius 1 is 1.33 bits per heavy atom. The van der Waals surface area contributed by atoms with Gasteiger partial charge in [0.25, 0.3) is 0 Å². The maximum Gasteiger partial charge on any atom is 0.140 e. The van der Waals surface area contributed by atoms with Crippen LogP contribution in [0.5, 0.6) is 0 Å². The Hall–Kier alpha value is -1.36. The van der Waals surface area contributed by atoms with Crippen LogP contribution in [-0.4, -0.2) is 4.98 Å². The van der Waals surface area contributed by atoms with Crippen LogP contribution < -0.4 is 0 Å². The topological polar surface area (TPSA) is 36.7 Å². The second kappa shape index (κ2) is 6.36. The van der Waals surface area contributed by atoms with Crippen molar-refractivity contribution in [2.24, 2.45) is 5.92 Å². The smallest absolute Gasteiger partial charge is 0.140 e. The minimum Gasteiger partial charge on any atom is -0.246 e. The molecule has 0 aliphatic heterocycles. The van der Waals surface area contributed by atoms with Gasteiger partial charge in [-0.1, -0.05) is 26.8 Å². The Morgan fingerprint density at radius 2 is 1.92 bits per heavy atom. The van der Waals surface area contributed by atoms with Crippen molar-refractivity contribution >= 4 is 0 Å². The number of rotatable bonds is 0. The first kappa shape index (κ1) is 10.6. The molecule has 1 heterocycles. The van der Waals surface area contributed by atoms with Crippen LogP contribution in [-0.2, 0) is 0 Å². The van der Waals surface area contributed by atoms with Gasteiger partial charge in [0.2, 0.25) is 0 Å². The average Bonchev–Trinajstić information content (AvgIpc) is 2.05. The van der Waals surface area contributed by atoms with Crippen molar-refractivity contribution in [2.75, 3.05) is 0 Å². The quantitative estimate of drug-likeness (QED) is 0.588. The molecule has 2 heteroatoms. The minimum atomic E-state index is 0.465. The number of nitriles is 1. The lowest BCUT2D eigenvalue weighted by molar-refractivity contribution is 0.737. The van der Waals surface area contributed by atoms with Crippen LogP contribution in [0.1, 0.15) is 26.5 Å². The number of hydrogen-bond acceptors (Lipinski definition) is 2. The van der Waals surface area contributed by atoms with E-state index < -0.39 is 0 Å². The minimum absolute atomic E-state index is 0.465. The molecule has 0 spiro atoms. The molecule has 0 aromatic carbocycles. The fourth-order valence-corrected chi connectivity index (χ4v) is 0.429. The van der Waals surface area contributed by atoms with Gasteiger partial charge < -0.3 is 0 Å². The summed E-state index contributed by atoms with van der Waals surface area (Å²) in [5, 5.41) is 8.23. The van der Waals surface area contributed by atoms with Gasteiger partial charge >= 0.3 is 0 Å². The largest absolute Gasteiger partial charge is 0.246 e. The third-order valence-corrected chi connectivity index (χ3v) is 0.779. The van der Waals surface area contributed by atoms with Crippen molar-refractivity contribution in [1.29, 1.82) is 5.26 Å². The summed E-state index contributed by atoms with van der Waals surface area (Å²) in [5.41, 5.74) is 0.465. The summed E-state index contributed by atoms with van der Waals surface area (Å²) in [7, 11) is 0. The van der Waals surface area contributed by atoms with Crippen molar-refractivity contribution in [2.45, 2.75) is 20.8 Å². The molecule has 2 nitrogen and oxygen atoms in total. The van der Waals surface area contributed by atoms with Gasteiger partial charge in [-0.2, -0.15) is 5.26 Å². The molecule has 1 aromatic rings. The van der Waals surface area contributed by atoms with Crippen molar-refractivity contribution in [3.05, 3.63) is 30.1 Å². The Kier molecular flexibility index (Phi) is 5.64. The molecule has 1 aromatic heterocycles. The highest BCUT2D eigenvalue weighted by molar-refractivity contribution is 5.18. The number of nitrogens with zero attached hydrogens (tertiary/aromatic N) is 2. The van der Waals surface area contributed by atoms with Crippen LogP contribution in [0.15, 0.2) is 24.4 Å². The SMILES string of the molecule is CC(C)C.N#Cc1ccccn1. The van der Waals surface area contributed by atoms with Crippen molar-refractivity contribution < 1.29 is 0 Å². The lowest BCUT2D eigenvalue weighted by atomic mass is 10.3. The third-order valence-electron chi connectivity index (χ3n) is 0.779. The first-order valence-electron chi connectivity index (χ1n) is 3.98. The van der Waals surface area contributed by atoms with Crippen molar-refractivity contribution in [3.8, 4) is 6.07 Å². The zero-order valence-electron chi connectivity index (χ0n) is 7.78. The Balaban J connectivity index is 0.000000261. The second-order valence-electron chi connectivity index (χ2n) is 3.06. The monoisotopic (exact) mass is 162 g/mol. The molecule has 0 aliphatic carbocycles. The zero-order chi connectivity index (χ0) is 9.40. The zero-order valence-corrected chi connectivity index (χ0v) is 7.78. The molecule has 0 radical (unpaired) electrons. The van der Waals surface area contributed by atoms with Crippen LogP contribution in [0.4, 0.5) is 0 Å². The molecule has 0 amide bonds. The van der Waals surface area contributed by atoms with E-state index >= 15 is 0 Å².